The van der Waals surface area contributed by atoms with E-state index in [9.17, 15) is 0 Å². The number of hydrogen-bond donors (Lipinski definition) is 0. The Balaban J connectivity index is 1.65. The van der Waals surface area contributed by atoms with Gasteiger partial charge in [0.25, 0.3) is 0 Å². The maximum absolute atomic E-state index is 2.22. The van der Waals surface area contributed by atoms with E-state index in [4.69, 9.17) is 0 Å². The Morgan fingerprint density at radius 1 is 0.267 bits per heavy atom. The van der Waals surface area contributed by atoms with Gasteiger partial charge in [-0.3, -0.25) is 0 Å². The first-order chi connectivity index (χ1) is 14.8. The van der Waals surface area contributed by atoms with Crippen LogP contribution in [0.2, 0.25) is 0 Å². The largest absolute Gasteiger partial charge is 0.0622 e. The molecular weight excluding hydrogens is 360 g/mol. The Hall–Kier alpha value is -3.90. The molecule has 0 aromatic heterocycles. The molecule has 0 unspecified atom stereocenters. The number of rotatable bonds is 6. The molecule has 0 radical (unpaired) electrons. The third-order valence-corrected chi connectivity index (χ3v) is 4.80. The summed E-state index contributed by atoms with van der Waals surface area (Å²) in [6.07, 6.45) is 13.0. The van der Waals surface area contributed by atoms with Crippen molar-refractivity contribution in [3.63, 3.8) is 0 Å². The summed E-state index contributed by atoms with van der Waals surface area (Å²) >= 11 is 0. The van der Waals surface area contributed by atoms with Crippen molar-refractivity contribution in [2.45, 2.75) is 0 Å². The highest BCUT2D eigenvalue weighted by molar-refractivity contribution is 5.78. The maximum Gasteiger partial charge on any atom is -0.0245 e. The van der Waals surface area contributed by atoms with Crippen molar-refractivity contribution >= 4 is 36.5 Å². The van der Waals surface area contributed by atoms with E-state index in [1.54, 1.807) is 0 Å². The molecule has 0 aliphatic rings. The molecule has 0 bridgehead atoms. The van der Waals surface area contributed by atoms with E-state index in [-0.39, 0.29) is 0 Å². The number of hydrogen-bond acceptors (Lipinski definition) is 0. The Kier molecular flexibility index (Phi) is 6.50. The van der Waals surface area contributed by atoms with Gasteiger partial charge in [-0.2, -0.15) is 0 Å². The van der Waals surface area contributed by atoms with Gasteiger partial charge in [-0.05, 0) is 51.6 Å². The maximum atomic E-state index is 2.22. The van der Waals surface area contributed by atoms with Crippen LogP contribution in [0, 0.1) is 0 Å². The molecule has 0 nitrogen and oxygen atoms in total. The molecule has 0 saturated heterocycles. The molecule has 30 heavy (non-hydrogen) atoms. The van der Waals surface area contributed by atoms with Gasteiger partial charge in [-0.15, -0.1) is 0 Å². The van der Waals surface area contributed by atoms with Crippen LogP contribution in [0.3, 0.4) is 0 Å². The molecule has 4 aromatic rings. The van der Waals surface area contributed by atoms with Crippen LogP contribution in [0.1, 0.15) is 33.4 Å². The van der Waals surface area contributed by atoms with Gasteiger partial charge in [0, 0.05) is 0 Å². The monoisotopic (exact) mass is 384 g/mol. The van der Waals surface area contributed by atoms with Gasteiger partial charge in [-0.25, -0.2) is 0 Å². The molecule has 4 rings (SSSR count). The van der Waals surface area contributed by atoms with Gasteiger partial charge in [0.15, 0.2) is 0 Å². The van der Waals surface area contributed by atoms with Gasteiger partial charge in [0.2, 0.25) is 0 Å². The van der Waals surface area contributed by atoms with Gasteiger partial charge >= 0.3 is 0 Å². The fraction of sp³-hybridized carbons (Fsp3) is 0. The normalized spacial score (nSPS) is 11.6. The van der Waals surface area contributed by atoms with E-state index in [2.05, 4.69) is 127 Å². The lowest BCUT2D eigenvalue weighted by Crippen LogP contribution is -1.82. The summed E-state index contributed by atoms with van der Waals surface area (Å²) in [6, 6.07) is 37.9. The van der Waals surface area contributed by atoms with Crippen LogP contribution in [0.5, 0.6) is 0 Å². The van der Waals surface area contributed by atoms with Crippen molar-refractivity contribution in [3.8, 4) is 0 Å². The average Bonchev–Trinajstić information content (AvgIpc) is 2.82. The molecule has 0 saturated carbocycles. The molecule has 0 spiro atoms. The Bertz CT molecular complexity index is 985. The summed E-state index contributed by atoms with van der Waals surface area (Å²) in [7, 11) is 0. The molecule has 0 heterocycles. The van der Waals surface area contributed by atoms with Crippen molar-refractivity contribution in [2.24, 2.45) is 0 Å². The lowest BCUT2D eigenvalue weighted by Gasteiger charge is -2.03. The van der Waals surface area contributed by atoms with Gasteiger partial charge in [-0.1, -0.05) is 127 Å². The predicted octanol–water partition coefficient (Wildman–Crippen LogP) is 8.20. The first-order valence-electron chi connectivity index (χ1n) is 10.2. The summed E-state index contributed by atoms with van der Waals surface area (Å²) in [6.45, 7) is 0. The van der Waals surface area contributed by atoms with Crippen LogP contribution in [-0.4, -0.2) is 0 Å². The van der Waals surface area contributed by atoms with E-state index in [0.717, 1.165) is 0 Å². The SMILES string of the molecule is C(=Cc1cc(C=Cc2ccccc2)cc(C=Cc2ccccc2)c1)c1ccccc1. The second-order valence-corrected chi connectivity index (χ2v) is 7.17. The molecule has 0 heteroatoms. The van der Waals surface area contributed by atoms with Crippen molar-refractivity contribution in [1.82, 2.24) is 0 Å². The smallest absolute Gasteiger partial charge is 0.0245 e. The van der Waals surface area contributed by atoms with E-state index in [0.29, 0.717) is 0 Å². The van der Waals surface area contributed by atoms with Crippen LogP contribution < -0.4 is 0 Å². The fourth-order valence-corrected chi connectivity index (χ4v) is 3.26. The zero-order chi connectivity index (χ0) is 20.4. The molecule has 0 N–H and O–H groups in total. The molecule has 0 aliphatic heterocycles. The molecule has 144 valence electrons. The fourth-order valence-electron chi connectivity index (χ4n) is 3.26. The summed E-state index contributed by atoms with van der Waals surface area (Å²) in [5.41, 5.74) is 7.14. The minimum absolute atomic E-state index is 1.18. The first kappa shape index (κ1) is 19.4. The highest BCUT2D eigenvalue weighted by Gasteiger charge is 1.97. The van der Waals surface area contributed by atoms with Crippen molar-refractivity contribution in [3.05, 3.63) is 143 Å². The van der Waals surface area contributed by atoms with Gasteiger partial charge in [0.05, 0.1) is 0 Å². The minimum atomic E-state index is 1.18. The Labute approximate surface area is 179 Å². The standard InChI is InChI=1S/C30H24/c1-4-10-25(11-5-1)16-19-28-22-29(20-17-26-12-6-2-7-13-26)24-30(23-28)21-18-27-14-8-3-9-15-27/h1-24H. The van der Waals surface area contributed by atoms with Crippen LogP contribution >= 0.6 is 0 Å². The molecule has 0 aliphatic carbocycles. The Morgan fingerprint density at radius 2 is 0.500 bits per heavy atom. The quantitative estimate of drug-likeness (QED) is 0.294. The molecular formula is C30H24. The summed E-state index contributed by atoms with van der Waals surface area (Å²) in [4.78, 5) is 0. The molecule has 0 fully saturated rings. The molecule has 4 aromatic carbocycles. The van der Waals surface area contributed by atoms with Crippen LogP contribution in [-0.2, 0) is 0 Å². The van der Waals surface area contributed by atoms with Crippen molar-refractivity contribution < 1.29 is 0 Å². The summed E-state index contributed by atoms with van der Waals surface area (Å²) < 4.78 is 0. The van der Waals surface area contributed by atoms with E-state index in [1.807, 2.05) is 18.2 Å². The second kappa shape index (κ2) is 10.0. The third kappa shape index (κ3) is 5.80. The second-order valence-electron chi connectivity index (χ2n) is 7.17. The first-order valence-corrected chi connectivity index (χ1v) is 10.2. The number of benzene rings is 4. The van der Waals surface area contributed by atoms with Gasteiger partial charge in [0.1, 0.15) is 0 Å². The van der Waals surface area contributed by atoms with E-state index in [1.165, 1.54) is 33.4 Å². The predicted molar refractivity (Wildman–Crippen MR) is 133 cm³/mol. The van der Waals surface area contributed by atoms with Crippen molar-refractivity contribution in [2.75, 3.05) is 0 Å². The topological polar surface area (TPSA) is 0 Å². The lowest BCUT2D eigenvalue weighted by atomic mass is 10.0. The van der Waals surface area contributed by atoms with Crippen molar-refractivity contribution in [1.29, 1.82) is 0 Å². The summed E-state index contributed by atoms with van der Waals surface area (Å²) in [5, 5.41) is 0. The lowest BCUT2D eigenvalue weighted by molar-refractivity contribution is 1.58. The van der Waals surface area contributed by atoms with Crippen LogP contribution in [0.25, 0.3) is 36.5 Å². The summed E-state index contributed by atoms with van der Waals surface area (Å²) in [5.74, 6) is 0. The highest BCUT2D eigenvalue weighted by atomic mass is 14.0. The molecule has 0 amide bonds. The van der Waals surface area contributed by atoms with Crippen LogP contribution in [0.15, 0.2) is 109 Å². The minimum Gasteiger partial charge on any atom is -0.0622 e. The molecule has 0 atom stereocenters. The average molecular weight is 385 g/mol. The zero-order valence-corrected chi connectivity index (χ0v) is 16.9. The zero-order valence-electron chi connectivity index (χ0n) is 16.9. The van der Waals surface area contributed by atoms with Gasteiger partial charge < -0.3 is 0 Å². The van der Waals surface area contributed by atoms with E-state index >= 15 is 0 Å². The van der Waals surface area contributed by atoms with Crippen LogP contribution in [0.4, 0.5) is 0 Å². The Morgan fingerprint density at radius 3 is 0.767 bits per heavy atom. The van der Waals surface area contributed by atoms with E-state index < -0.39 is 0 Å². The third-order valence-electron chi connectivity index (χ3n) is 4.80. The highest BCUT2D eigenvalue weighted by Crippen LogP contribution is 2.18.